The van der Waals surface area contributed by atoms with Crippen LogP contribution in [-0.4, -0.2) is 25.0 Å². The van der Waals surface area contributed by atoms with Gasteiger partial charge in [-0.2, -0.15) is 0 Å². The van der Waals surface area contributed by atoms with Crippen LogP contribution in [0.15, 0.2) is 16.8 Å². The number of allylic oxidation sites excluding steroid dienone is 1. The summed E-state index contributed by atoms with van der Waals surface area (Å²) in [4.78, 5) is 4.04. The average molecular weight is 140 g/mol. The number of nitrogens with zero attached hydrogens (tertiary/aromatic N) is 2. The van der Waals surface area contributed by atoms with Crippen LogP contribution in [0, 0.1) is 0 Å². The van der Waals surface area contributed by atoms with Gasteiger partial charge in [0.05, 0.1) is 12.2 Å². The highest BCUT2D eigenvalue weighted by Gasteiger charge is 2.06. The summed E-state index contributed by atoms with van der Waals surface area (Å²) < 4.78 is 0. The molecule has 0 aromatic heterocycles. The van der Waals surface area contributed by atoms with E-state index in [-0.39, 0.29) is 0 Å². The zero-order chi connectivity index (χ0) is 7.40. The highest BCUT2D eigenvalue weighted by atomic mass is 15.7. The summed E-state index contributed by atoms with van der Waals surface area (Å²) in [5.74, 6) is 0. The molecule has 56 valence electrons. The van der Waals surface area contributed by atoms with E-state index in [1.165, 1.54) is 0 Å². The zero-order valence-electron chi connectivity index (χ0n) is 6.26. The quantitative estimate of drug-likeness (QED) is 0.533. The van der Waals surface area contributed by atoms with Crippen molar-refractivity contribution in [2.24, 2.45) is 4.99 Å². The van der Waals surface area contributed by atoms with Gasteiger partial charge in [0.15, 0.2) is 0 Å². The molecule has 0 aromatic rings. The van der Waals surface area contributed by atoms with Gasteiger partial charge in [-0.3, -0.25) is 10.4 Å². The molecule has 0 fully saturated rings. The van der Waals surface area contributed by atoms with Gasteiger partial charge in [0.25, 0.3) is 0 Å². The Hall–Kier alpha value is -1.03. The molecule has 0 saturated carbocycles. The standard InChI is InChI=1S/C6H12N4/c1-3-6-4-8-5-9-10(6)7-2/h3,5,7H,4H2,1-2H3,(H,8,9)/b6-3-. The van der Waals surface area contributed by atoms with E-state index in [1.54, 1.807) is 6.34 Å². The van der Waals surface area contributed by atoms with Gasteiger partial charge in [-0.15, -0.1) is 0 Å². The molecular formula is C6H12N4. The third-order valence-corrected chi connectivity index (χ3v) is 1.38. The van der Waals surface area contributed by atoms with Crippen LogP contribution >= 0.6 is 0 Å². The maximum Gasteiger partial charge on any atom is 0.103 e. The number of hydrazine groups is 2. The topological polar surface area (TPSA) is 39.7 Å². The van der Waals surface area contributed by atoms with Crippen LogP contribution in [0.4, 0.5) is 0 Å². The molecule has 1 heterocycles. The van der Waals surface area contributed by atoms with Crippen molar-refractivity contribution in [1.29, 1.82) is 0 Å². The molecular weight excluding hydrogens is 128 g/mol. The summed E-state index contributed by atoms with van der Waals surface area (Å²) in [6.45, 7) is 2.73. The molecule has 0 amide bonds. The second-order valence-corrected chi connectivity index (χ2v) is 1.94. The van der Waals surface area contributed by atoms with Crippen molar-refractivity contribution in [2.45, 2.75) is 6.92 Å². The molecule has 0 bridgehead atoms. The molecule has 1 aliphatic heterocycles. The Morgan fingerprint density at radius 1 is 1.90 bits per heavy atom. The van der Waals surface area contributed by atoms with Crippen LogP contribution in [0.5, 0.6) is 0 Å². The molecule has 0 atom stereocenters. The normalized spacial score (nSPS) is 21.4. The fourth-order valence-electron chi connectivity index (χ4n) is 0.820. The van der Waals surface area contributed by atoms with Crippen molar-refractivity contribution in [3.05, 3.63) is 11.8 Å². The summed E-state index contributed by atoms with van der Waals surface area (Å²) in [7, 11) is 1.86. The first kappa shape index (κ1) is 7.08. The Kier molecular flexibility index (Phi) is 2.28. The molecule has 10 heavy (non-hydrogen) atoms. The average Bonchev–Trinajstić information content (AvgIpc) is 2.04. The van der Waals surface area contributed by atoms with E-state index >= 15 is 0 Å². The van der Waals surface area contributed by atoms with Crippen LogP contribution in [0.3, 0.4) is 0 Å². The Bertz CT molecular complexity index is 161. The van der Waals surface area contributed by atoms with E-state index in [4.69, 9.17) is 0 Å². The van der Waals surface area contributed by atoms with Gasteiger partial charge in [-0.1, -0.05) is 6.08 Å². The Labute approximate surface area is 60.6 Å². The largest absolute Gasteiger partial charge is 0.274 e. The SMILES string of the molecule is C/C=C1/CN=CNN1NC. The maximum absolute atomic E-state index is 4.04. The summed E-state index contributed by atoms with van der Waals surface area (Å²) in [6.07, 6.45) is 3.68. The molecule has 0 unspecified atom stereocenters. The number of nitrogens with one attached hydrogen (secondary N) is 2. The Balaban J connectivity index is 2.63. The predicted octanol–water partition coefficient (Wildman–Crippen LogP) is -0.127. The molecule has 1 aliphatic rings. The minimum Gasteiger partial charge on any atom is -0.274 e. The van der Waals surface area contributed by atoms with Gasteiger partial charge in [0.1, 0.15) is 6.34 Å². The lowest BCUT2D eigenvalue weighted by Crippen LogP contribution is -2.47. The third-order valence-electron chi connectivity index (χ3n) is 1.38. The number of hydrogen-bond acceptors (Lipinski definition) is 4. The van der Waals surface area contributed by atoms with Gasteiger partial charge in [-0.25, -0.2) is 10.5 Å². The molecule has 0 radical (unpaired) electrons. The van der Waals surface area contributed by atoms with E-state index in [9.17, 15) is 0 Å². The summed E-state index contributed by atoms with van der Waals surface area (Å²) in [5.41, 5.74) is 7.03. The van der Waals surface area contributed by atoms with Crippen LogP contribution < -0.4 is 10.9 Å². The zero-order valence-corrected chi connectivity index (χ0v) is 6.26. The lowest BCUT2D eigenvalue weighted by molar-refractivity contribution is 0.223. The summed E-state index contributed by atoms with van der Waals surface area (Å²) in [6, 6.07) is 0. The molecule has 0 aromatic carbocycles. The second-order valence-electron chi connectivity index (χ2n) is 1.94. The van der Waals surface area contributed by atoms with Gasteiger partial charge in [0, 0.05) is 7.05 Å². The van der Waals surface area contributed by atoms with E-state index in [1.807, 2.05) is 25.2 Å². The smallest absolute Gasteiger partial charge is 0.103 e. The number of rotatable bonds is 1. The van der Waals surface area contributed by atoms with E-state index in [0.717, 1.165) is 12.2 Å². The van der Waals surface area contributed by atoms with Gasteiger partial charge < -0.3 is 0 Å². The van der Waals surface area contributed by atoms with Crippen LogP contribution in [0.2, 0.25) is 0 Å². The lowest BCUT2D eigenvalue weighted by atomic mass is 10.4. The summed E-state index contributed by atoms with van der Waals surface area (Å²) >= 11 is 0. The van der Waals surface area contributed by atoms with Crippen molar-refractivity contribution in [2.75, 3.05) is 13.6 Å². The van der Waals surface area contributed by atoms with E-state index in [2.05, 4.69) is 15.8 Å². The molecule has 2 N–H and O–H groups in total. The van der Waals surface area contributed by atoms with E-state index in [0.29, 0.717) is 0 Å². The fourth-order valence-corrected chi connectivity index (χ4v) is 0.820. The number of aliphatic imine (C=N–C) groups is 1. The Morgan fingerprint density at radius 2 is 2.70 bits per heavy atom. The third kappa shape index (κ3) is 1.27. The predicted molar refractivity (Wildman–Crippen MR) is 41.2 cm³/mol. The minimum absolute atomic E-state index is 0.740. The summed E-state index contributed by atoms with van der Waals surface area (Å²) in [5, 5.41) is 1.83. The number of hydrogen-bond donors (Lipinski definition) is 2. The molecule has 4 nitrogen and oxygen atoms in total. The van der Waals surface area contributed by atoms with Gasteiger partial charge >= 0.3 is 0 Å². The molecule has 0 aliphatic carbocycles. The highest BCUT2D eigenvalue weighted by molar-refractivity contribution is 5.55. The maximum atomic E-state index is 4.04. The first-order valence-electron chi connectivity index (χ1n) is 3.25. The monoisotopic (exact) mass is 140 g/mol. The Morgan fingerprint density at radius 3 is 3.20 bits per heavy atom. The first-order valence-corrected chi connectivity index (χ1v) is 3.25. The fraction of sp³-hybridized carbons (Fsp3) is 0.500. The highest BCUT2D eigenvalue weighted by Crippen LogP contribution is 1.99. The van der Waals surface area contributed by atoms with Crippen LogP contribution in [-0.2, 0) is 0 Å². The van der Waals surface area contributed by atoms with Crippen molar-refractivity contribution in [1.82, 2.24) is 16.0 Å². The minimum atomic E-state index is 0.740. The molecule has 0 spiro atoms. The lowest BCUT2D eigenvalue weighted by Gasteiger charge is -2.27. The molecule has 4 heteroatoms. The molecule has 0 saturated heterocycles. The van der Waals surface area contributed by atoms with Crippen molar-refractivity contribution in [3.63, 3.8) is 0 Å². The van der Waals surface area contributed by atoms with Gasteiger partial charge in [-0.05, 0) is 6.92 Å². The van der Waals surface area contributed by atoms with Crippen LogP contribution in [0.25, 0.3) is 0 Å². The molecule has 1 rings (SSSR count). The van der Waals surface area contributed by atoms with Crippen molar-refractivity contribution < 1.29 is 0 Å². The first-order chi connectivity index (χ1) is 4.88. The second kappa shape index (κ2) is 3.22. The van der Waals surface area contributed by atoms with Gasteiger partial charge in [0.2, 0.25) is 0 Å². The van der Waals surface area contributed by atoms with E-state index < -0.39 is 0 Å². The van der Waals surface area contributed by atoms with Crippen molar-refractivity contribution in [3.8, 4) is 0 Å². The van der Waals surface area contributed by atoms with Crippen molar-refractivity contribution >= 4 is 6.34 Å². The van der Waals surface area contributed by atoms with Crippen LogP contribution in [0.1, 0.15) is 6.92 Å².